The van der Waals surface area contributed by atoms with Crippen LogP contribution in [0.3, 0.4) is 0 Å². The van der Waals surface area contributed by atoms with Crippen molar-refractivity contribution in [2.75, 3.05) is 6.61 Å². The molecule has 3 aromatic carbocycles. The lowest BCUT2D eigenvalue weighted by molar-refractivity contribution is -0.0705. The molecule has 11 heteroatoms. The smallest absolute Gasteiger partial charge is 0.335 e. The van der Waals surface area contributed by atoms with Crippen molar-refractivity contribution in [3.63, 3.8) is 0 Å². The summed E-state index contributed by atoms with van der Waals surface area (Å²) in [6, 6.07) is 17.7. The summed E-state index contributed by atoms with van der Waals surface area (Å²) >= 11 is 5.93. The molecule has 1 saturated heterocycles. The van der Waals surface area contributed by atoms with E-state index in [1.54, 1.807) is 49.5 Å². The lowest BCUT2D eigenvalue weighted by Gasteiger charge is -2.27. The van der Waals surface area contributed by atoms with E-state index in [4.69, 9.17) is 30.8 Å². The molecule has 0 radical (unpaired) electrons. The van der Waals surface area contributed by atoms with Crippen LogP contribution in [0.4, 0.5) is 4.39 Å². The van der Waals surface area contributed by atoms with Gasteiger partial charge >= 0.3 is 5.97 Å². The maximum atomic E-state index is 14.8. The summed E-state index contributed by atoms with van der Waals surface area (Å²) < 4.78 is 36.1. The normalized spacial score (nSPS) is 19.0. The largest absolute Gasteiger partial charge is 0.478 e. The van der Waals surface area contributed by atoms with E-state index in [1.165, 1.54) is 28.8 Å². The molecule has 0 bridgehead atoms. The molecule has 2 aromatic heterocycles. The maximum Gasteiger partial charge on any atom is 0.335 e. The third-order valence-corrected chi connectivity index (χ3v) is 8.11. The lowest BCUT2D eigenvalue weighted by atomic mass is 10.1. The first-order chi connectivity index (χ1) is 20.7. The van der Waals surface area contributed by atoms with E-state index >= 15 is 0 Å². The van der Waals surface area contributed by atoms with Crippen molar-refractivity contribution >= 4 is 28.6 Å². The average molecular weight is 602 g/mol. The highest BCUT2D eigenvalue weighted by Gasteiger charge is 2.42. The molecular formula is C32H25ClFN3O6. The van der Waals surface area contributed by atoms with Gasteiger partial charge in [-0.1, -0.05) is 23.7 Å². The number of aromatic nitrogens is 3. The lowest BCUT2D eigenvalue weighted by Crippen LogP contribution is -2.32. The Kier molecular flexibility index (Phi) is 6.48. The van der Waals surface area contributed by atoms with Gasteiger partial charge in [-0.25, -0.2) is 14.2 Å². The molecule has 0 spiro atoms. The van der Waals surface area contributed by atoms with Crippen molar-refractivity contribution in [1.29, 1.82) is 0 Å². The fourth-order valence-corrected chi connectivity index (χ4v) is 5.70. The summed E-state index contributed by atoms with van der Waals surface area (Å²) in [4.78, 5) is 29.7. The number of hydrogen-bond acceptors (Lipinski definition) is 6. The number of aromatic carboxylic acids is 1. The molecule has 4 heterocycles. The van der Waals surface area contributed by atoms with Crippen LogP contribution in [0.15, 0.2) is 77.7 Å². The summed E-state index contributed by atoms with van der Waals surface area (Å²) in [5.74, 6) is -1.57. The Balaban J connectivity index is 1.21. The third kappa shape index (κ3) is 4.82. The zero-order valence-electron chi connectivity index (χ0n) is 22.9. The molecule has 1 fully saturated rings. The number of rotatable bonds is 7. The highest BCUT2D eigenvalue weighted by molar-refractivity contribution is 6.30. The van der Waals surface area contributed by atoms with Crippen molar-refractivity contribution in [2.45, 2.75) is 38.3 Å². The summed E-state index contributed by atoms with van der Waals surface area (Å²) in [7, 11) is 0. The van der Waals surface area contributed by atoms with Gasteiger partial charge in [-0.05, 0) is 60.5 Å². The Labute approximate surface area is 249 Å². The predicted molar refractivity (Wildman–Crippen MR) is 156 cm³/mol. The van der Waals surface area contributed by atoms with Gasteiger partial charge in [0.05, 0.1) is 41.4 Å². The van der Waals surface area contributed by atoms with Crippen molar-refractivity contribution < 1.29 is 28.5 Å². The minimum Gasteiger partial charge on any atom is -0.478 e. The number of hydrogen-bond donors (Lipinski definition) is 1. The SMILES string of the molecule is CC1(c2ccc(Cl)cc2F)Oc2cccc(-c3ccn(Cc4nc5ccc(C(=O)O)cc5n4C[C@@H]4CCO4)c(=O)c3)c2O1. The van der Waals surface area contributed by atoms with E-state index in [0.29, 0.717) is 52.6 Å². The van der Waals surface area contributed by atoms with Gasteiger partial charge in [-0.2, -0.15) is 0 Å². The second kappa shape index (κ2) is 10.3. The van der Waals surface area contributed by atoms with E-state index in [-0.39, 0.29) is 34.4 Å². The van der Waals surface area contributed by atoms with Gasteiger partial charge in [-0.3, -0.25) is 4.79 Å². The zero-order valence-corrected chi connectivity index (χ0v) is 23.7. The van der Waals surface area contributed by atoms with Crippen molar-refractivity contribution in [3.05, 3.63) is 111 Å². The summed E-state index contributed by atoms with van der Waals surface area (Å²) in [6.45, 7) is 2.98. The highest BCUT2D eigenvalue weighted by atomic mass is 35.5. The third-order valence-electron chi connectivity index (χ3n) is 7.87. The number of halogens is 2. The van der Waals surface area contributed by atoms with Crippen LogP contribution in [-0.2, 0) is 23.6 Å². The van der Waals surface area contributed by atoms with Crippen LogP contribution >= 0.6 is 11.6 Å². The molecule has 9 nitrogen and oxygen atoms in total. The number of carboxylic acid groups (broad SMARTS) is 1. The molecule has 43 heavy (non-hydrogen) atoms. The van der Waals surface area contributed by atoms with Gasteiger partial charge in [0.2, 0.25) is 0 Å². The fourth-order valence-electron chi connectivity index (χ4n) is 5.54. The Morgan fingerprint density at radius 3 is 2.70 bits per heavy atom. The Morgan fingerprint density at radius 1 is 1.14 bits per heavy atom. The minimum absolute atomic E-state index is 0.00170. The number of para-hydroxylation sites is 1. The number of pyridine rings is 1. The van der Waals surface area contributed by atoms with Crippen molar-refractivity contribution in [1.82, 2.24) is 14.1 Å². The first-order valence-corrected chi connectivity index (χ1v) is 14.1. The average Bonchev–Trinajstić information content (AvgIpc) is 3.47. The first-order valence-electron chi connectivity index (χ1n) is 13.7. The molecule has 2 aliphatic rings. The van der Waals surface area contributed by atoms with Crippen molar-refractivity contribution in [2.24, 2.45) is 0 Å². The van der Waals surface area contributed by atoms with E-state index in [9.17, 15) is 19.1 Å². The van der Waals surface area contributed by atoms with E-state index in [0.717, 1.165) is 6.42 Å². The van der Waals surface area contributed by atoms with E-state index in [2.05, 4.69) is 0 Å². The van der Waals surface area contributed by atoms with Gasteiger partial charge in [0.1, 0.15) is 11.6 Å². The topological polar surface area (TPSA) is 105 Å². The number of carboxylic acids is 1. The molecule has 0 saturated carbocycles. The van der Waals surface area contributed by atoms with Gasteiger partial charge in [0.15, 0.2) is 11.5 Å². The number of nitrogens with zero attached hydrogens (tertiary/aromatic N) is 3. The zero-order chi connectivity index (χ0) is 29.9. The molecule has 2 atom stereocenters. The van der Waals surface area contributed by atoms with Crippen LogP contribution in [0.1, 0.15) is 35.1 Å². The first kappa shape index (κ1) is 27.2. The van der Waals surface area contributed by atoms with Gasteiger partial charge < -0.3 is 28.5 Å². The minimum atomic E-state index is -1.42. The highest BCUT2D eigenvalue weighted by Crippen LogP contribution is 2.49. The second-order valence-corrected chi connectivity index (χ2v) is 11.2. The number of carbonyl (C=O) groups is 1. The molecule has 2 aliphatic heterocycles. The van der Waals surface area contributed by atoms with Crippen LogP contribution in [0.5, 0.6) is 11.5 Å². The number of fused-ring (bicyclic) bond motifs is 2. The van der Waals surface area contributed by atoms with Gasteiger partial charge in [-0.15, -0.1) is 0 Å². The number of ether oxygens (including phenoxy) is 3. The maximum absolute atomic E-state index is 14.8. The van der Waals surface area contributed by atoms with Crippen LogP contribution in [0.25, 0.3) is 22.2 Å². The molecule has 0 aliphatic carbocycles. The Bertz CT molecular complexity index is 1980. The van der Waals surface area contributed by atoms with Crippen LogP contribution in [0, 0.1) is 5.82 Å². The molecule has 0 amide bonds. The summed E-state index contributed by atoms with van der Waals surface area (Å²) in [6.07, 6.45) is 2.57. The monoisotopic (exact) mass is 601 g/mol. The molecule has 218 valence electrons. The summed E-state index contributed by atoms with van der Waals surface area (Å²) in [5.41, 5.74) is 2.62. The number of benzene rings is 3. The van der Waals surface area contributed by atoms with Crippen LogP contribution in [0.2, 0.25) is 5.02 Å². The molecular weight excluding hydrogens is 577 g/mol. The van der Waals surface area contributed by atoms with Gasteiger partial charge in [0.25, 0.3) is 11.3 Å². The molecule has 5 aromatic rings. The van der Waals surface area contributed by atoms with Crippen LogP contribution in [-0.4, -0.2) is 37.9 Å². The standard InChI is InChI=1S/C32H25ClFN3O6/c1-32(23-7-6-20(33)15-24(23)34)42-27-4-2-3-22(30(27)43-32)18-9-11-36(29(38)14-18)17-28-35-25-8-5-19(31(39)40)13-26(25)37(28)16-21-10-12-41-21/h2-9,11,13-15,21H,10,12,16-17H2,1H3,(H,39,40)/t21-,32?/m0/s1. The molecule has 1 N–H and O–H groups in total. The van der Waals surface area contributed by atoms with Crippen molar-refractivity contribution in [3.8, 4) is 22.6 Å². The van der Waals surface area contributed by atoms with Crippen LogP contribution < -0.4 is 15.0 Å². The number of imidazole rings is 1. The molecule has 7 rings (SSSR count). The Morgan fingerprint density at radius 2 is 1.98 bits per heavy atom. The van der Waals surface area contributed by atoms with E-state index in [1.807, 2.05) is 10.6 Å². The fraction of sp³-hybridized carbons (Fsp3) is 0.219. The molecule has 1 unspecified atom stereocenters. The predicted octanol–water partition coefficient (Wildman–Crippen LogP) is 5.84. The van der Waals surface area contributed by atoms with E-state index < -0.39 is 17.6 Å². The quantitative estimate of drug-likeness (QED) is 0.250. The Hall–Kier alpha value is -4.67. The summed E-state index contributed by atoms with van der Waals surface area (Å²) in [5, 5.41) is 9.76. The second-order valence-electron chi connectivity index (χ2n) is 10.7. The van der Waals surface area contributed by atoms with Gasteiger partial charge in [0, 0.05) is 36.4 Å².